The Morgan fingerprint density at radius 3 is 2.58 bits per heavy atom. The summed E-state index contributed by atoms with van der Waals surface area (Å²) in [5.41, 5.74) is 2.57. The molecule has 0 aromatic carbocycles. The lowest BCUT2D eigenvalue weighted by Crippen LogP contribution is -2.48. The summed E-state index contributed by atoms with van der Waals surface area (Å²) in [5, 5.41) is 0. The second-order valence-electron chi connectivity index (χ2n) is 4.52. The predicted molar refractivity (Wildman–Crippen MR) is 73.7 cm³/mol. The zero-order valence-corrected chi connectivity index (χ0v) is 11.4. The maximum absolute atomic E-state index is 11.3. The number of nitrogens with zero attached hydrogens (tertiary/aromatic N) is 4. The van der Waals surface area contributed by atoms with Crippen molar-refractivity contribution in [2.75, 3.05) is 36.5 Å². The molecule has 0 radical (unpaired) electrons. The van der Waals surface area contributed by atoms with Crippen molar-refractivity contribution < 1.29 is 4.79 Å². The number of aryl methyl sites for hydroxylation is 1. The number of rotatable bonds is 3. The Morgan fingerprint density at radius 1 is 1.37 bits per heavy atom. The van der Waals surface area contributed by atoms with Gasteiger partial charge >= 0.3 is 0 Å². The van der Waals surface area contributed by atoms with Crippen LogP contribution in [0.25, 0.3) is 0 Å². The van der Waals surface area contributed by atoms with Gasteiger partial charge in [0, 0.05) is 45.6 Å². The molecule has 2 heterocycles. The second-order valence-corrected chi connectivity index (χ2v) is 4.52. The summed E-state index contributed by atoms with van der Waals surface area (Å²) in [6, 6.07) is 1.84. The molecule has 1 aliphatic heterocycles. The minimum Gasteiger partial charge on any atom is -0.353 e. The molecule has 1 saturated heterocycles. The first kappa shape index (κ1) is 13.5. The van der Waals surface area contributed by atoms with Gasteiger partial charge in [-0.2, -0.15) is 0 Å². The number of amides is 1. The van der Waals surface area contributed by atoms with Crippen LogP contribution in [0.5, 0.6) is 0 Å². The Labute approximate surface area is 112 Å². The summed E-state index contributed by atoms with van der Waals surface area (Å²) in [6.45, 7) is 6.63. The average molecular weight is 264 g/mol. The molecular weight excluding hydrogens is 244 g/mol. The van der Waals surface area contributed by atoms with Crippen LogP contribution in [0.1, 0.15) is 19.7 Å². The Kier molecular flexibility index (Phi) is 4.16. The van der Waals surface area contributed by atoms with Gasteiger partial charge in [-0.05, 0) is 0 Å². The van der Waals surface area contributed by atoms with Gasteiger partial charge in [0.15, 0.2) is 0 Å². The quantitative estimate of drug-likeness (QED) is 0.590. The van der Waals surface area contributed by atoms with E-state index >= 15 is 0 Å². The SMILES string of the molecule is CCc1nc(NN)cc(N2CCN(C(C)=O)CC2)n1. The van der Waals surface area contributed by atoms with E-state index in [0.29, 0.717) is 5.82 Å². The predicted octanol–water partition coefficient (Wildman–Crippen LogP) is -0.00690. The number of hydrogen-bond acceptors (Lipinski definition) is 6. The van der Waals surface area contributed by atoms with Gasteiger partial charge in [0.2, 0.25) is 5.91 Å². The van der Waals surface area contributed by atoms with Gasteiger partial charge in [-0.3, -0.25) is 4.79 Å². The lowest BCUT2D eigenvalue weighted by molar-refractivity contribution is -0.129. The van der Waals surface area contributed by atoms with Crippen LogP contribution in [-0.2, 0) is 11.2 Å². The molecule has 104 valence electrons. The molecule has 0 bridgehead atoms. The summed E-state index contributed by atoms with van der Waals surface area (Å²) in [6.07, 6.45) is 0.760. The number of aromatic nitrogens is 2. The van der Waals surface area contributed by atoms with Crippen molar-refractivity contribution in [2.24, 2.45) is 5.84 Å². The number of hydrazine groups is 1. The van der Waals surface area contributed by atoms with E-state index in [0.717, 1.165) is 44.2 Å². The van der Waals surface area contributed by atoms with E-state index in [2.05, 4.69) is 20.3 Å². The molecule has 0 spiro atoms. The average Bonchev–Trinajstić information content (AvgIpc) is 2.46. The zero-order chi connectivity index (χ0) is 13.8. The van der Waals surface area contributed by atoms with Crippen molar-refractivity contribution in [1.29, 1.82) is 0 Å². The monoisotopic (exact) mass is 264 g/mol. The van der Waals surface area contributed by atoms with E-state index in [1.807, 2.05) is 17.9 Å². The molecule has 2 rings (SSSR count). The van der Waals surface area contributed by atoms with Crippen molar-refractivity contribution in [1.82, 2.24) is 14.9 Å². The minimum atomic E-state index is 0.126. The first-order valence-corrected chi connectivity index (χ1v) is 6.49. The summed E-state index contributed by atoms with van der Waals surface area (Å²) >= 11 is 0. The fourth-order valence-electron chi connectivity index (χ4n) is 2.13. The van der Waals surface area contributed by atoms with Gasteiger partial charge in [-0.15, -0.1) is 0 Å². The fourth-order valence-corrected chi connectivity index (χ4v) is 2.13. The maximum Gasteiger partial charge on any atom is 0.219 e. The molecule has 0 unspecified atom stereocenters. The molecule has 19 heavy (non-hydrogen) atoms. The highest BCUT2D eigenvalue weighted by Gasteiger charge is 2.20. The smallest absolute Gasteiger partial charge is 0.219 e. The molecule has 3 N–H and O–H groups in total. The maximum atomic E-state index is 11.3. The van der Waals surface area contributed by atoms with Gasteiger partial charge in [-0.25, -0.2) is 15.8 Å². The van der Waals surface area contributed by atoms with Crippen molar-refractivity contribution in [3.05, 3.63) is 11.9 Å². The third-order valence-corrected chi connectivity index (χ3v) is 3.27. The molecule has 0 aliphatic carbocycles. The van der Waals surface area contributed by atoms with Gasteiger partial charge in [0.05, 0.1) is 0 Å². The molecule has 1 amide bonds. The molecule has 7 nitrogen and oxygen atoms in total. The molecule has 1 fully saturated rings. The third-order valence-electron chi connectivity index (χ3n) is 3.27. The molecule has 7 heteroatoms. The number of carbonyl (C=O) groups is 1. The van der Waals surface area contributed by atoms with E-state index < -0.39 is 0 Å². The van der Waals surface area contributed by atoms with Crippen LogP contribution in [0, 0.1) is 0 Å². The molecular formula is C12H20N6O. The van der Waals surface area contributed by atoms with E-state index in [1.54, 1.807) is 6.92 Å². The minimum absolute atomic E-state index is 0.126. The van der Waals surface area contributed by atoms with Crippen LogP contribution in [0.4, 0.5) is 11.6 Å². The highest BCUT2D eigenvalue weighted by atomic mass is 16.2. The molecule has 1 aromatic heterocycles. The van der Waals surface area contributed by atoms with E-state index in [9.17, 15) is 4.79 Å². The summed E-state index contributed by atoms with van der Waals surface area (Å²) < 4.78 is 0. The lowest BCUT2D eigenvalue weighted by Gasteiger charge is -2.35. The number of anilines is 2. The van der Waals surface area contributed by atoms with Gasteiger partial charge < -0.3 is 15.2 Å². The van der Waals surface area contributed by atoms with Crippen molar-refractivity contribution in [3.63, 3.8) is 0 Å². The number of hydrogen-bond donors (Lipinski definition) is 2. The van der Waals surface area contributed by atoms with Crippen LogP contribution in [0.15, 0.2) is 6.07 Å². The fraction of sp³-hybridized carbons (Fsp3) is 0.583. The number of carbonyl (C=O) groups excluding carboxylic acids is 1. The second kappa shape index (κ2) is 5.83. The van der Waals surface area contributed by atoms with Gasteiger partial charge in [0.25, 0.3) is 0 Å². The normalized spacial score (nSPS) is 15.5. The highest BCUT2D eigenvalue weighted by Crippen LogP contribution is 2.17. The topological polar surface area (TPSA) is 87.4 Å². The van der Waals surface area contributed by atoms with Crippen molar-refractivity contribution in [3.8, 4) is 0 Å². The Balaban J connectivity index is 2.12. The summed E-state index contributed by atoms with van der Waals surface area (Å²) in [4.78, 5) is 24.1. The van der Waals surface area contributed by atoms with Crippen LogP contribution in [-0.4, -0.2) is 47.0 Å². The number of nitrogens with two attached hydrogens (primary N) is 1. The van der Waals surface area contributed by atoms with E-state index in [-0.39, 0.29) is 5.91 Å². The van der Waals surface area contributed by atoms with Gasteiger partial charge in [0.1, 0.15) is 17.5 Å². The summed E-state index contributed by atoms with van der Waals surface area (Å²) in [7, 11) is 0. The highest BCUT2D eigenvalue weighted by molar-refractivity contribution is 5.73. The molecule has 1 aromatic rings. The Hall–Kier alpha value is -1.89. The number of piperazine rings is 1. The standard InChI is InChI=1S/C12H20N6O/c1-3-10-14-11(16-13)8-12(15-10)18-6-4-17(5-7-18)9(2)19/h8H,3-7,13H2,1-2H3,(H,14,15,16). The van der Waals surface area contributed by atoms with Crippen molar-refractivity contribution in [2.45, 2.75) is 20.3 Å². The molecule has 1 aliphatic rings. The van der Waals surface area contributed by atoms with Crippen molar-refractivity contribution >= 4 is 17.5 Å². The Morgan fingerprint density at radius 2 is 2.05 bits per heavy atom. The molecule has 0 saturated carbocycles. The van der Waals surface area contributed by atoms with E-state index in [1.165, 1.54) is 0 Å². The first-order chi connectivity index (χ1) is 9.13. The largest absolute Gasteiger partial charge is 0.353 e. The van der Waals surface area contributed by atoms with Crippen LogP contribution >= 0.6 is 0 Å². The molecule has 0 atom stereocenters. The lowest BCUT2D eigenvalue weighted by atomic mass is 10.3. The summed E-state index contributed by atoms with van der Waals surface area (Å²) in [5.74, 6) is 7.80. The third kappa shape index (κ3) is 3.11. The zero-order valence-electron chi connectivity index (χ0n) is 11.4. The number of nitrogen functional groups attached to an aromatic ring is 1. The van der Waals surface area contributed by atoms with Gasteiger partial charge in [-0.1, -0.05) is 6.92 Å². The van der Waals surface area contributed by atoms with Crippen LogP contribution in [0.2, 0.25) is 0 Å². The number of nitrogens with one attached hydrogen (secondary N) is 1. The van der Waals surface area contributed by atoms with E-state index in [4.69, 9.17) is 5.84 Å². The van der Waals surface area contributed by atoms with Crippen LogP contribution < -0.4 is 16.2 Å². The van der Waals surface area contributed by atoms with Crippen LogP contribution in [0.3, 0.4) is 0 Å². The first-order valence-electron chi connectivity index (χ1n) is 6.49. The Bertz CT molecular complexity index is 433.